The van der Waals surface area contributed by atoms with E-state index in [4.69, 9.17) is 4.74 Å². The van der Waals surface area contributed by atoms with Gasteiger partial charge >= 0.3 is 0 Å². The number of fused-ring (bicyclic) bond motifs is 3. The number of carbonyl (C=O) groups excluding carboxylic acids is 2. The molecule has 50 heavy (non-hydrogen) atoms. The monoisotopic (exact) mass is 676 g/mol. The van der Waals surface area contributed by atoms with Gasteiger partial charge in [0.25, 0.3) is 11.5 Å². The molecule has 0 bridgehead atoms. The molecule has 1 aliphatic carbocycles. The number of aryl methyl sites for hydroxylation is 1. The molecule has 12 heteroatoms. The van der Waals surface area contributed by atoms with Gasteiger partial charge in [-0.15, -0.1) is 0 Å². The van der Waals surface area contributed by atoms with Crippen molar-refractivity contribution < 1.29 is 14.3 Å². The number of hydrogen-bond donors (Lipinski definition) is 1. The van der Waals surface area contributed by atoms with Gasteiger partial charge in [0.2, 0.25) is 0 Å². The zero-order chi connectivity index (χ0) is 34.7. The molecule has 4 aliphatic rings. The molecule has 0 radical (unpaired) electrons. The van der Waals surface area contributed by atoms with Gasteiger partial charge in [0.1, 0.15) is 23.0 Å². The van der Waals surface area contributed by atoms with Gasteiger partial charge in [-0.1, -0.05) is 13.8 Å². The van der Waals surface area contributed by atoms with E-state index in [0.29, 0.717) is 76.7 Å². The average molecular weight is 677 g/mol. The van der Waals surface area contributed by atoms with Crippen LogP contribution in [0.15, 0.2) is 53.7 Å². The van der Waals surface area contributed by atoms with Crippen molar-refractivity contribution in [3.05, 3.63) is 81.8 Å². The normalized spacial score (nSPS) is 22.6. The van der Waals surface area contributed by atoms with Gasteiger partial charge in [0, 0.05) is 69.5 Å². The molecule has 0 aromatic carbocycles. The number of rotatable bonds is 7. The highest BCUT2D eigenvalue weighted by Crippen LogP contribution is 2.42. The molecule has 3 aliphatic heterocycles. The summed E-state index contributed by atoms with van der Waals surface area (Å²) in [5.74, 6) is 1.52. The van der Waals surface area contributed by atoms with Crippen molar-refractivity contribution in [3.63, 3.8) is 0 Å². The molecule has 3 atom stereocenters. The fraction of sp³-hybridized carbons (Fsp3) is 0.447. The lowest BCUT2D eigenvalue weighted by Gasteiger charge is -2.46. The largest absolute Gasteiger partial charge is 0.378 e. The minimum atomic E-state index is -0.231. The van der Waals surface area contributed by atoms with Crippen LogP contribution in [0.1, 0.15) is 77.6 Å². The SMILES string of the molecule is C[C@@H]1CC[C@H](C)c2c1cc1n2CCN(c2nccc(-c3cc(Nc4ccc(N5CCN(C6COC6)C[C@@H]5C)cn4)c(=O)n(C)c3)c2C=O)C1=O. The Kier molecular flexibility index (Phi) is 8.31. The summed E-state index contributed by atoms with van der Waals surface area (Å²) >= 11 is 0. The molecular weight excluding hydrogens is 632 g/mol. The number of carbonyl (C=O) groups is 2. The third kappa shape index (κ3) is 5.50. The van der Waals surface area contributed by atoms with Crippen LogP contribution in [0.3, 0.4) is 0 Å². The summed E-state index contributed by atoms with van der Waals surface area (Å²) in [6.07, 6.45) is 8.14. The number of nitrogens with zero attached hydrogens (tertiary/aromatic N) is 7. The van der Waals surface area contributed by atoms with Crippen LogP contribution >= 0.6 is 0 Å². The Labute approximate surface area is 291 Å². The maximum atomic E-state index is 14.0. The zero-order valence-corrected chi connectivity index (χ0v) is 29.1. The fourth-order valence-electron chi connectivity index (χ4n) is 8.28. The van der Waals surface area contributed by atoms with Crippen LogP contribution in [0.2, 0.25) is 0 Å². The Morgan fingerprint density at radius 1 is 0.960 bits per heavy atom. The van der Waals surface area contributed by atoms with Crippen molar-refractivity contribution in [2.75, 3.05) is 54.5 Å². The van der Waals surface area contributed by atoms with E-state index < -0.39 is 0 Å². The summed E-state index contributed by atoms with van der Waals surface area (Å²) in [4.78, 5) is 55.8. The molecule has 1 N–H and O–H groups in total. The van der Waals surface area contributed by atoms with Crippen molar-refractivity contribution in [1.29, 1.82) is 0 Å². The molecule has 2 fully saturated rings. The number of pyridine rings is 3. The highest BCUT2D eigenvalue weighted by atomic mass is 16.5. The molecule has 1 amide bonds. The number of piperazine rings is 1. The van der Waals surface area contributed by atoms with E-state index in [2.05, 4.69) is 50.4 Å². The van der Waals surface area contributed by atoms with Gasteiger partial charge < -0.3 is 24.1 Å². The first-order valence-corrected chi connectivity index (χ1v) is 17.7. The lowest BCUT2D eigenvalue weighted by molar-refractivity contribution is -0.0691. The zero-order valence-electron chi connectivity index (χ0n) is 29.1. The highest BCUT2D eigenvalue weighted by Gasteiger charge is 2.36. The van der Waals surface area contributed by atoms with Crippen LogP contribution in [0.25, 0.3) is 11.1 Å². The molecule has 0 spiro atoms. The van der Waals surface area contributed by atoms with Gasteiger partial charge in [0.15, 0.2) is 6.29 Å². The Morgan fingerprint density at radius 2 is 1.78 bits per heavy atom. The average Bonchev–Trinajstić information content (AvgIpc) is 3.50. The summed E-state index contributed by atoms with van der Waals surface area (Å²) < 4.78 is 9.05. The van der Waals surface area contributed by atoms with Gasteiger partial charge in [-0.3, -0.25) is 24.2 Å². The quantitative estimate of drug-likeness (QED) is 0.276. The van der Waals surface area contributed by atoms with Crippen molar-refractivity contribution >= 4 is 35.2 Å². The maximum Gasteiger partial charge on any atom is 0.276 e. The lowest BCUT2D eigenvalue weighted by Crippen LogP contribution is -2.59. The van der Waals surface area contributed by atoms with Crippen LogP contribution in [0.4, 0.5) is 23.0 Å². The topological polar surface area (TPSA) is 118 Å². The molecule has 8 rings (SSSR count). The van der Waals surface area contributed by atoms with E-state index in [-0.39, 0.29) is 11.5 Å². The van der Waals surface area contributed by atoms with Gasteiger partial charge in [-0.2, -0.15) is 0 Å². The summed E-state index contributed by atoms with van der Waals surface area (Å²) in [7, 11) is 1.68. The molecule has 7 heterocycles. The molecule has 12 nitrogen and oxygen atoms in total. The van der Waals surface area contributed by atoms with Gasteiger partial charge in [-0.25, -0.2) is 9.97 Å². The van der Waals surface area contributed by atoms with Crippen LogP contribution in [-0.4, -0.2) is 87.7 Å². The van der Waals surface area contributed by atoms with E-state index in [1.54, 1.807) is 36.5 Å². The molecule has 4 aromatic rings. The molecule has 0 saturated carbocycles. The van der Waals surface area contributed by atoms with Crippen LogP contribution < -0.4 is 20.7 Å². The first-order valence-electron chi connectivity index (χ1n) is 17.7. The second kappa shape index (κ2) is 12.8. The Hall–Kier alpha value is -4.81. The Bertz CT molecular complexity index is 2020. The standard InChI is InChI=1S/C38H44N8O4/c1-23-5-6-24(2)35-30(23)16-33-38(49)46(14-13-45(33)35)36-31(20-47)29(9-10-39-36)26-15-32(37(48)42(4)19-26)41-34-8-7-27(17-40-34)44-12-11-43(18-25(44)3)28-21-50-22-28/h7-10,15-17,19-20,23-25,28H,5-6,11-14,18,21-22H2,1-4H3,(H,40,41)/t23-,24+,25+/m1/s1. The van der Waals surface area contributed by atoms with Crippen molar-refractivity contribution in [2.24, 2.45) is 7.05 Å². The number of aromatic nitrogens is 4. The minimum Gasteiger partial charge on any atom is -0.378 e. The van der Waals surface area contributed by atoms with E-state index in [1.165, 1.54) is 15.8 Å². The third-order valence-corrected chi connectivity index (χ3v) is 11.2. The first-order chi connectivity index (χ1) is 24.2. The fourth-order valence-corrected chi connectivity index (χ4v) is 8.28. The molecule has 260 valence electrons. The predicted octanol–water partition coefficient (Wildman–Crippen LogP) is 4.77. The molecule has 0 unspecified atom stereocenters. The predicted molar refractivity (Wildman–Crippen MR) is 193 cm³/mol. The molecule has 2 saturated heterocycles. The van der Waals surface area contributed by atoms with Crippen molar-refractivity contribution in [3.8, 4) is 11.1 Å². The summed E-state index contributed by atoms with van der Waals surface area (Å²) in [5.41, 5.74) is 5.85. The van der Waals surface area contributed by atoms with Crippen LogP contribution in [0, 0.1) is 0 Å². The van der Waals surface area contributed by atoms with Crippen LogP contribution in [0.5, 0.6) is 0 Å². The number of hydrogen-bond acceptors (Lipinski definition) is 9. The van der Waals surface area contributed by atoms with Crippen LogP contribution in [-0.2, 0) is 18.3 Å². The lowest BCUT2D eigenvalue weighted by atomic mass is 9.82. The molecule has 4 aromatic heterocycles. The summed E-state index contributed by atoms with van der Waals surface area (Å²) in [6.45, 7) is 12.3. The Morgan fingerprint density at radius 3 is 2.50 bits per heavy atom. The van der Waals surface area contributed by atoms with E-state index in [9.17, 15) is 14.4 Å². The van der Waals surface area contributed by atoms with E-state index in [1.807, 2.05) is 24.4 Å². The smallest absolute Gasteiger partial charge is 0.276 e. The Balaban J connectivity index is 1.05. The summed E-state index contributed by atoms with van der Waals surface area (Å²) in [5, 5.41) is 3.21. The van der Waals surface area contributed by atoms with Gasteiger partial charge in [-0.05, 0) is 73.1 Å². The first kappa shape index (κ1) is 32.4. The molecular formula is C38H44N8O4. The van der Waals surface area contributed by atoms with E-state index >= 15 is 0 Å². The maximum absolute atomic E-state index is 14.0. The number of ether oxygens (including phenoxy) is 1. The minimum absolute atomic E-state index is 0.153. The number of aldehydes is 1. The van der Waals surface area contributed by atoms with E-state index in [0.717, 1.165) is 57.7 Å². The van der Waals surface area contributed by atoms with Crippen molar-refractivity contribution in [1.82, 2.24) is 24.0 Å². The summed E-state index contributed by atoms with van der Waals surface area (Å²) in [6, 6.07) is 10.3. The number of anilines is 4. The van der Waals surface area contributed by atoms with Crippen molar-refractivity contribution in [2.45, 2.75) is 64.1 Å². The third-order valence-electron chi connectivity index (χ3n) is 11.2. The number of nitrogens with one attached hydrogen (secondary N) is 1. The number of amides is 1. The highest BCUT2D eigenvalue weighted by molar-refractivity contribution is 6.08. The van der Waals surface area contributed by atoms with Gasteiger partial charge in [0.05, 0.1) is 36.7 Å². The second-order valence-corrected chi connectivity index (χ2v) is 14.4. The second-order valence-electron chi connectivity index (χ2n) is 14.4.